The van der Waals surface area contributed by atoms with Crippen molar-refractivity contribution in [3.05, 3.63) is 65.2 Å². The quantitative estimate of drug-likeness (QED) is 0.622. The molecule has 6 heteroatoms. The molecule has 3 rings (SSSR count). The highest BCUT2D eigenvalue weighted by atomic mass is 16.6. The van der Waals surface area contributed by atoms with Crippen LogP contribution in [0.2, 0.25) is 0 Å². The number of hydrogen-bond acceptors (Lipinski definition) is 5. The summed E-state index contributed by atoms with van der Waals surface area (Å²) in [5.41, 5.74) is 1.64. The Balaban J connectivity index is 1.54. The van der Waals surface area contributed by atoms with Crippen LogP contribution in [0.4, 0.5) is 0 Å². The van der Waals surface area contributed by atoms with Crippen molar-refractivity contribution >= 4 is 17.8 Å². The molecular weight excluding hydrogens is 310 g/mol. The SMILES string of the molecule is Cc1cccc(OCC(=O)OCN2C(=O)c3ccccc3C2=O)c1. The van der Waals surface area contributed by atoms with E-state index in [-0.39, 0.29) is 6.61 Å². The minimum atomic E-state index is -0.659. The van der Waals surface area contributed by atoms with Crippen LogP contribution in [0.25, 0.3) is 0 Å². The van der Waals surface area contributed by atoms with Gasteiger partial charge in [0.2, 0.25) is 0 Å². The Morgan fingerprint density at radius 2 is 1.67 bits per heavy atom. The Morgan fingerprint density at radius 1 is 1.00 bits per heavy atom. The first-order valence-electron chi connectivity index (χ1n) is 7.36. The number of imide groups is 1. The van der Waals surface area contributed by atoms with Gasteiger partial charge in [-0.15, -0.1) is 0 Å². The maximum atomic E-state index is 12.1. The first-order valence-corrected chi connectivity index (χ1v) is 7.36. The van der Waals surface area contributed by atoms with Gasteiger partial charge in [-0.05, 0) is 36.8 Å². The van der Waals surface area contributed by atoms with E-state index in [1.54, 1.807) is 36.4 Å². The van der Waals surface area contributed by atoms with Crippen molar-refractivity contribution < 1.29 is 23.9 Å². The van der Waals surface area contributed by atoms with Gasteiger partial charge in [-0.3, -0.25) is 9.59 Å². The van der Waals surface area contributed by atoms with Crippen molar-refractivity contribution in [3.63, 3.8) is 0 Å². The maximum absolute atomic E-state index is 12.1. The molecule has 1 heterocycles. The molecule has 0 bridgehead atoms. The molecule has 6 nitrogen and oxygen atoms in total. The number of aryl methyl sites for hydroxylation is 1. The Labute approximate surface area is 138 Å². The summed E-state index contributed by atoms with van der Waals surface area (Å²) in [7, 11) is 0. The summed E-state index contributed by atoms with van der Waals surface area (Å²) in [6.07, 6.45) is 0. The molecule has 0 N–H and O–H groups in total. The van der Waals surface area contributed by atoms with Crippen LogP contribution in [0.15, 0.2) is 48.5 Å². The molecule has 122 valence electrons. The summed E-state index contributed by atoms with van der Waals surface area (Å²) in [5.74, 6) is -1.05. The molecule has 0 saturated carbocycles. The summed E-state index contributed by atoms with van der Waals surface area (Å²) in [6, 6.07) is 13.7. The van der Waals surface area contributed by atoms with E-state index in [9.17, 15) is 14.4 Å². The number of carbonyl (C=O) groups is 3. The van der Waals surface area contributed by atoms with Crippen molar-refractivity contribution in [2.75, 3.05) is 13.3 Å². The fourth-order valence-electron chi connectivity index (χ4n) is 2.38. The van der Waals surface area contributed by atoms with Crippen LogP contribution in [-0.4, -0.2) is 36.0 Å². The first kappa shape index (κ1) is 15.7. The van der Waals surface area contributed by atoms with Gasteiger partial charge in [-0.1, -0.05) is 24.3 Å². The van der Waals surface area contributed by atoms with E-state index in [4.69, 9.17) is 9.47 Å². The Bertz CT molecular complexity index is 780. The van der Waals surface area contributed by atoms with Gasteiger partial charge in [0.1, 0.15) is 5.75 Å². The van der Waals surface area contributed by atoms with E-state index in [2.05, 4.69) is 0 Å². The zero-order valence-corrected chi connectivity index (χ0v) is 13.0. The van der Waals surface area contributed by atoms with E-state index in [1.807, 2.05) is 19.1 Å². The van der Waals surface area contributed by atoms with Crippen molar-refractivity contribution in [1.82, 2.24) is 4.90 Å². The molecule has 24 heavy (non-hydrogen) atoms. The topological polar surface area (TPSA) is 72.9 Å². The van der Waals surface area contributed by atoms with Crippen LogP contribution in [0.1, 0.15) is 26.3 Å². The zero-order valence-electron chi connectivity index (χ0n) is 13.0. The third kappa shape index (κ3) is 3.12. The molecule has 1 aliphatic rings. The van der Waals surface area contributed by atoms with Gasteiger partial charge in [0, 0.05) is 0 Å². The molecule has 2 amide bonds. The first-order chi connectivity index (χ1) is 11.6. The molecule has 2 aromatic carbocycles. The lowest BCUT2D eigenvalue weighted by Gasteiger charge is -2.14. The van der Waals surface area contributed by atoms with Gasteiger partial charge in [-0.2, -0.15) is 0 Å². The summed E-state index contributed by atoms with van der Waals surface area (Å²) in [5, 5.41) is 0. The molecule has 0 atom stereocenters. The lowest BCUT2D eigenvalue weighted by Crippen LogP contribution is -2.34. The van der Waals surface area contributed by atoms with E-state index in [0.717, 1.165) is 10.5 Å². The van der Waals surface area contributed by atoms with Crippen LogP contribution in [0, 0.1) is 6.92 Å². The van der Waals surface area contributed by atoms with Crippen molar-refractivity contribution in [2.45, 2.75) is 6.92 Å². The average molecular weight is 325 g/mol. The van der Waals surface area contributed by atoms with E-state index in [1.165, 1.54) is 0 Å². The van der Waals surface area contributed by atoms with Crippen LogP contribution >= 0.6 is 0 Å². The third-order valence-corrected chi connectivity index (χ3v) is 3.58. The van der Waals surface area contributed by atoms with Gasteiger partial charge >= 0.3 is 5.97 Å². The average Bonchev–Trinajstić information content (AvgIpc) is 2.83. The second-order valence-electron chi connectivity index (χ2n) is 5.33. The number of benzene rings is 2. The predicted octanol–water partition coefficient (Wildman–Crippen LogP) is 2.17. The molecule has 0 radical (unpaired) electrons. The smallest absolute Gasteiger partial charge is 0.345 e. The van der Waals surface area contributed by atoms with Crippen LogP contribution in [0.3, 0.4) is 0 Å². The number of amides is 2. The number of nitrogens with zero attached hydrogens (tertiary/aromatic N) is 1. The van der Waals surface area contributed by atoms with Gasteiger partial charge in [0.15, 0.2) is 13.3 Å². The molecule has 1 aliphatic heterocycles. The highest BCUT2D eigenvalue weighted by Crippen LogP contribution is 2.22. The second-order valence-corrected chi connectivity index (χ2v) is 5.33. The summed E-state index contributed by atoms with van der Waals surface area (Å²) >= 11 is 0. The molecule has 0 saturated heterocycles. The van der Waals surface area contributed by atoms with Crippen LogP contribution in [-0.2, 0) is 9.53 Å². The third-order valence-electron chi connectivity index (χ3n) is 3.58. The number of ether oxygens (including phenoxy) is 2. The number of hydrogen-bond donors (Lipinski definition) is 0. The summed E-state index contributed by atoms with van der Waals surface area (Å²) in [4.78, 5) is 36.9. The number of esters is 1. The molecule has 0 aromatic heterocycles. The minimum absolute atomic E-state index is 0.299. The highest BCUT2D eigenvalue weighted by molar-refractivity contribution is 6.21. The molecule has 0 unspecified atom stereocenters. The monoisotopic (exact) mass is 325 g/mol. The van der Waals surface area contributed by atoms with Gasteiger partial charge in [-0.25, -0.2) is 9.69 Å². The molecule has 0 aliphatic carbocycles. The highest BCUT2D eigenvalue weighted by Gasteiger charge is 2.35. The van der Waals surface area contributed by atoms with Crippen LogP contribution < -0.4 is 4.74 Å². The lowest BCUT2D eigenvalue weighted by atomic mass is 10.1. The van der Waals surface area contributed by atoms with Gasteiger partial charge in [0.05, 0.1) is 11.1 Å². The summed E-state index contributed by atoms with van der Waals surface area (Å²) < 4.78 is 10.3. The number of fused-ring (bicyclic) bond motifs is 1. The zero-order chi connectivity index (χ0) is 17.1. The number of carbonyl (C=O) groups excluding carboxylic acids is 3. The Morgan fingerprint density at radius 3 is 2.29 bits per heavy atom. The van der Waals surface area contributed by atoms with E-state index in [0.29, 0.717) is 16.9 Å². The predicted molar refractivity (Wildman–Crippen MR) is 84.6 cm³/mol. The van der Waals surface area contributed by atoms with Crippen molar-refractivity contribution in [1.29, 1.82) is 0 Å². The van der Waals surface area contributed by atoms with Gasteiger partial charge < -0.3 is 9.47 Å². The summed E-state index contributed by atoms with van der Waals surface area (Å²) in [6.45, 7) is 1.18. The Kier molecular flexibility index (Phi) is 4.29. The standard InChI is InChI=1S/C18H15NO5/c1-12-5-4-6-13(9-12)23-10-16(20)24-11-19-17(21)14-7-2-3-8-15(14)18(19)22/h2-9H,10-11H2,1H3. The fourth-order valence-corrected chi connectivity index (χ4v) is 2.38. The fraction of sp³-hybridized carbons (Fsp3) is 0.167. The van der Waals surface area contributed by atoms with Crippen LogP contribution in [0.5, 0.6) is 5.75 Å². The minimum Gasteiger partial charge on any atom is -0.482 e. The van der Waals surface area contributed by atoms with Gasteiger partial charge in [0.25, 0.3) is 11.8 Å². The molecule has 0 spiro atoms. The lowest BCUT2D eigenvalue weighted by molar-refractivity contribution is -0.148. The molecule has 2 aromatic rings. The van der Waals surface area contributed by atoms with Crippen molar-refractivity contribution in [3.8, 4) is 5.75 Å². The van der Waals surface area contributed by atoms with E-state index < -0.39 is 24.5 Å². The largest absolute Gasteiger partial charge is 0.482 e. The maximum Gasteiger partial charge on any atom is 0.345 e. The number of rotatable bonds is 5. The molecular formula is C18H15NO5. The Hall–Kier alpha value is -3.15. The van der Waals surface area contributed by atoms with Crippen molar-refractivity contribution in [2.24, 2.45) is 0 Å². The van der Waals surface area contributed by atoms with E-state index >= 15 is 0 Å². The second kappa shape index (κ2) is 6.54. The molecule has 0 fully saturated rings. The normalized spacial score (nSPS) is 13.0.